The van der Waals surface area contributed by atoms with Crippen LogP contribution in [0.2, 0.25) is 0 Å². The maximum Gasteiger partial charge on any atom is 0.159 e. The molecule has 0 saturated carbocycles. The molecule has 3 aromatic heterocycles. The third-order valence-corrected chi connectivity index (χ3v) is 3.38. The van der Waals surface area contributed by atoms with Gasteiger partial charge in [0.25, 0.3) is 0 Å². The van der Waals surface area contributed by atoms with E-state index in [1.807, 2.05) is 29.8 Å². The molecular formula is C12H8N4S. The van der Waals surface area contributed by atoms with Crippen molar-refractivity contribution in [3.63, 3.8) is 0 Å². The van der Waals surface area contributed by atoms with E-state index in [1.165, 1.54) is 0 Å². The van der Waals surface area contributed by atoms with Gasteiger partial charge in [0.05, 0.1) is 17.4 Å². The average molecular weight is 240 g/mol. The number of aromatic nitrogens is 3. The largest absolute Gasteiger partial charge is 0.237 e. The van der Waals surface area contributed by atoms with Gasteiger partial charge in [-0.05, 0) is 17.5 Å². The highest BCUT2D eigenvalue weighted by atomic mass is 32.1. The van der Waals surface area contributed by atoms with Crippen LogP contribution in [-0.2, 0) is 6.42 Å². The molecule has 3 heterocycles. The highest BCUT2D eigenvalue weighted by molar-refractivity contribution is 7.13. The van der Waals surface area contributed by atoms with Crippen molar-refractivity contribution in [1.29, 1.82) is 5.26 Å². The number of fused-ring (bicyclic) bond motifs is 1. The lowest BCUT2D eigenvalue weighted by Gasteiger charge is -1.93. The van der Waals surface area contributed by atoms with Crippen molar-refractivity contribution in [1.82, 2.24) is 14.6 Å². The monoisotopic (exact) mass is 240 g/mol. The van der Waals surface area contributed by atoms with Crippen molar-refractivity contribution >= 4 is 17.0 Å². The van der Waals surface area contributed by atoms with Crippen LogP contribution in [-0.4, -0.2) is 14.6 Å². The van der Waals surface area contributed by atoms with E-state index in [0.29, 0.717) is 6.42 Å². The molecule has 0 radical (unpaired) electrons. The van der Waals surface area contributed by atoms with Gasteiger partial charge in [0.2, 0.25) is 0 Å². The van der Waals surface area contributed by atoms with Crippen LogP contribution in [0.5, 0.6) is 0 Å². The zero-order valence-electron chi connectivity index (χ0n) is 8.87. The minimum atomic E-state index is 0.327. The molecule has 0 bridgehead atoms. The first-order chi connectivity index (χ1) is 8.40. The van der Waals surface area contributed by atoms with Crippen LogP contribution >= 0.6 is 11.3 Å². The molecule has 0 atom stereocenters. The van der Waals surface area contributed by atoms with Crippen molar-refractivity contribution in [3.05, 3.63) is 41.5 Å². The summed E-state index contributed by atoms with van der Waals surface area (Å²) in [5.41, 5.74) is 2.52. The fraction of sp³-hybridized carbons (Fsp3) is 0.0833. The molecule has 0 aromatic carbocycles. The van der Waals surface area contributed by atoms with Gasteiger partial charge in [-0.1, -0.05) is 6.07 Å². The lowest BCUT2D eigenvalue weighted by Crippen LogP contribution is -1.88. The van der Waals surface area contributed by atoms with Crippen molar-refractivity contribution in [3.8, 4) is 16.6 Å². The molecule has 0 N–H and O–H groups in total. The Kier molecular flexibility index (Phi) is 2.35. The minimum Gasteiger partial charge on any atom is -0.237 e. The number of nitrogens with zero attached hydrogens (tertiary/aromatic N) is 4. The van der Waals surface area contributed by atoms with Crippen LogP contribution in [0, 0.1) is 11.3 Å². The molecule has 3 rings (SSSR count). The summed E-state index contributed by atoms with van der Waals surface area (Å²) in [5, 5.41) is 15.4. The first-order valence-corrected chi connectivity index (χ1v) is 6.01. The number of thiophene rings is 1. The second-order valence-electron chi connectivity index (χ2n) is 3.53. The number of rotatable bonds is 2. The van der Waals surface area contributed by atoms with Gasteiger partial charge in [-0.2, -0.15) is 10.4 Å². The Hall–Kier alpha value is -2.19. The number of hydrogen-bond donors (Lipinski definition) is 0. The summed E-state index contributed by atoms with van der Waals surface area (Å²) in [7, 11) is 0. The highest BCUT2D eigenvalue weighted by Gasteiger charge is 2.15. The minimum absolute atomic E-state index is 0.327. The van der Waals surface area contributed by atoms with Crippen LogP contribution in [0.25, 0.3) is 16.2 Å². The average Bonchev–Trinajstić information content (AvgIpc) is 2.97. The molecule has 3 aromatic rings. The van der Waals surface area contributed by atoms with Gasteiger partial charge < -0.3 is 0 Å². The number of hydrogen-bond acceptors (Lipinski definition) is 4. The van der Waals surface area contributed by atoms with Crippen molar-refractivity contribution in [2.75, 3.05) is 0 Å². The molecule has 0 aliphatic carbocycles. The molecule has 0 amide bonds. The predicted octanol–water partition coefficient (Wildman–Crippen LogP) is 2.52. The Balaban J connectivity index is 2.31. The van der Waals surface area contributed by atoms with Crippen LogP contribution in [0.3, 0.4) is 0 Å². The van der Waals surface area contributed by atoms with Gasteiger partial charge in [-0.3, -0.25) is 0 Å². The van der Waals surface area contributed by atoms with E-state index in [4.69, 9.17) is 5.26 Å². The normalized spacial score (nSPS) is 10.5. The Labute approximate surface area is 102 Å². The van der Waals surface area contributed by atoms with Crippen LogP contribution in [0.1, 0.15) is 5.56 Å². The van der Waals surface area contributed by atoms with Gasteiger partial charge in [0.15, 0.2) is 5.65 Å². The molecule has 0 aliphatic rings. The third kappa shape index (κ3) is 1.59. The maximum absolute atomic E-state index is 8.91. The van der Waals surface area contributed by atoms with Crippen LogP contribution in [0.15, 0.2) is 36.0 Å². The summed E-state index contributed by atoms with van der Waals surface area (Å²) < 4.78 is 1.72. The second kappa shape index (κ2) is 4.00. The predicted molar refractivity (Wildman–Crippen MR) is 65.6 cm³/mol. The summed E-state index contributed by atoms with van der Waals surface area (Å²) in [6, 6.07) is 7.99. The number of nitriles is 1. The molecule has 0 spiro atoms. The summed E-state index contributed by atoms with van der Waals surface area (Å²) in [6.07, 6.45) is 3.89. The Morgan fingerprint density at radius 1 is 1.41 bits per heavy atom. The quantitative estimate of drug-likeness (QED) is 0.691. The summed E-state index contributed by atoms with van der Waals surface area (Å²) in [4.78, 5) is 5.35. The zero-order chi connectivity index (χ0) is 11.7. The molecule has 17 heavy (non-hydrogen) atoms. The third-order valence-electron chi connectivity index (χ3n) is 2.50. The van der Waals surface area contributed by atoms with Crippen LogP contribution < -0.4 is 0 Å². The Bertz CT molecular complexity index is 691. The van der Waals surface area contributed by atoms with Gasteiger partial charge in [-0.25, -0.2) is 9.50 Å². The van der Waals surface area contributed by atoms with E-state index in [-0.39, 0.29) is 0 Å². The van der Waals surface area contributed by atoms with E-state index in [2.05, 4.69) is 16.2 Å². The molecular weight excluding hydrogens is 232 g/mol. The van der Waals surface area contributed by atoms with Gasteiger partial charge in [0.1, 0.15) is 5.69 Å². The van der Waals surface area contributed by atoms with E-state index in [1.54, 1.807) is 22.0 Å². The lowest BCUT2D eigenvalue weighted by molar-refractivity contribution is 0.944. The van der Waals surface area contributed by atoms with Gasteiger partial charge in [-0.15, -0.1) is 11.3 Å². The van der Waals surface area contributed by atoms with E-state index in [9.17, 15) is 0 Å². The standard InChI is InChI=1S/C12H8N4S/c13-5-4-9-11(10-3-1-8-17-10)15-16-7-2-6-14-12(9)16/h1-3,6-8H,4H2. The maximum atomic E-state index is 8.91. The van der Waals surface area contributed by atoms with Crippen molar-refractivity contribution in [2.45, 2.75) is 6.42 Å². The van der Waals surface area contributed by atoms with E-state index in [0.717, 1.165) is 21.8 Å². The molecule has 0 unspecified atom stereocenters. The Morgan fingerprint density at radius 2 is 2.35 bits per heavy atom. The van der Waals surface area contributed by atoms with Crippen molar-refractivity contribution < 1.29 is 0 Å². The topological polar surface area (TPSA) is 54.0 Å². The van der Waals surface area contributed by atoms with Crippen LogP contribution in [0.4, 0.5) is 0 Å². The smallest absolute Gasteiger partial charge is 0.159 e. The molecule has 82 valence electrons. The summed E-state index contributed by atoms with van der Waals surface area (Å²) in [5.74, 6) is 0. The molecule has 0 saturated heterocycles. The molecule has 4 nitrogen and oxygen atoms in total. The summed E-state index contributed by atoms with van der Waals surface area (Å²) >= 11 is 1.62. The lowest BCUT2D eigenvalue weighted by atomic mass is 10.1. The fourth-order valence-corrected chi connectivity index (χ4v) is 2.52. The zero-order valence-corrected chi connectivity index (χ0v) is 9.68. The summed E-state index contributed by atoms with van der Waals surface area (Å²) in [6.45, 7) is 0. The van der Waals surface area contributed by atoms with E-state index < -0.39 is 0 Å². The Morgan fingerprint density at radius 3 is 3.12 bits per heavy atom. The first kappa shape index (κ1) is 10.00. The molecule has 5 heteroatoms. The van der Waals surface area contributed by atoms with Gasteiger partial charge in [0, 0.05) is 18.0 Å². The molecule has 0 aliphatic heterocycles. The van der Waals surface area contributed by atoms with E-state index >= 15 is 0 Å². The second-order valence-corrected chi connectivity index (χ2v) is 4.47. The fourth-order valence-electron chi connectivity index (χ4n) is 1.79. The van der Waals surface area contributed by atoms with Gasteiger partial charge >= 0.3 is 0 Å². The SMILES string of the molecule is N#CCc1c(-c2cccs2)nn2cccnc12. The van der Waals surface area contributed by atoms with Crippen molar-refractivity contribution in [2.24, 2.45) is 0 Å². The first-order valence-electron chi connectivity index (χ1n) is 5.13. The molecule has 0 fully saturated rings. The highest BCUT2D eigenvalue weighted by Crippen LogP contribution is 2.28.